The summed E-state index contributed by atoms with van der Waals surface area (Å²) in [5.41, 5.74) is 5.07. The van der Waals surface area contributed by atoms with Crippen molar-refractivity contribution in [2.45, 2.75) is 58.9 Å². The maximum absolute atomic E-state index is 12.9. The summed E-state index contributed by atoms with van der Waals surface area (Å²) in [5.74, 6) is 0.581. The highest BCUT2D eigenvalue weighted by molar-refractivity contribution is 5.94. The van der Waals surface area contributed by atoms with E-state index in [9.17, 15) is 4.79 Å². The fraction of sp³-hybridized carbons (Fsp3) is 0.524. The van der Waals surface area contributed by atoms with Crippen LogP contribution >= 0.6 is 0 Å². The van der Waals surface area contributed by atoms with Crippen LogP contribution < -0.4 is 5.32 Å². The first-order valence-electron chi connectivity index (χ1n) is 9.69. The van der Waals surface area contributed by atoms with Crippen molar-refractivity contribution in [3.05, 3.63) is 46.8 Å². The summed E-state index contributed by atoms with van der Waals surface area (Å²) in [7, 11) is 0. The maximum atomic E-state index is 12.9. The van der Waals surface area contributed by atoms with E-state index in [0.717, 1.165) is 49.3 Å². The van der Waals surface area contributed by atoms with Crippen molar-refractivity contribution in [3.8, 4) is 0 Å². The lowest BCUT2D eigenvalue weighted by Crippen LogP contribution is -2.45. The molecule has 3 rings (SSSR count). The Morgan fingerprint density at radius 2 is 2.08 bits per heavy atom. The van der Waals surface area contributed by atoms with Gasteiger partial charge in [0.15, 0.2) is 5.69 Å². The molecule has 5 heteroatoms. The van der Waals surface area contributed by atoms with Gasteiger partial charge in [-0.2, -0.15) is 5.10 Å². The third kappa shape index (κ3) is 3.92. The van der Waals surface area contributed by atoms with Gasteiger partial charge in [0.2, 0.25) is 0 Å². The molecular weight excluding hydrogens is 324 g/mol. The fourth-order valence-corrected chi connectivity index (χ4v) is 3.62. The van der Waals surface area contributed by atoms with Crippen LogP contribution in [0.3, 0.4) is 0 Å². The molecule has 26 heavy (non-hydrogen) atoms. The van der Waals surface area contributed by atoms with Crippen LogP contribution in [-0.2, 0) is 6.42 Å². The molecule has 5 nitrogen and oxygen atoms in total. The SMILES string of the molecule is CCc1[nH]nc(C(=O)N2CCC[C@H](Nc3ccc(C(C)C)cc3)C2)c1C. The second kappa shape index (κ2) is 7.94. The number of amides is 1. The summed E-state index contributed by atoms with van der Waals surface area (Å²) >= 11 is 0. The number of nitrogens with zero attached hydrogens (tertiary/aromatic N) is 2. The van der Waals surface area contributed by atoms with Gasteiger partial charge in [-0.05, 0) is 49.8 Å². The quantitative estimate of drug-likeness (QED) is 0.849. The van der Waals surface area contributed by atoms with E-state index in [2.05, 4.69) is 60.6 Å². The third-order valence-corrected chi connectivity index (χ3v) is 5.32. The largest absolute Gasteiger partial charge is 0.381 e. The number of H-pyrrole nitrogens is 1. The Kier molecular flexibility index (Phi) is 5.64. The Balaban J connectivity index is 1.65. The van der Waals surface area contributed by atoms with Crippen LogP contribution in [0.4, 0.5) is 5.69 Å². The van der Waals surface area contributed by atoms with Gasteiger partial charge < -0.3 is 10.2 Å². The van der Waals surface area contributed by atoms with Crippen molar-refractivity contribution in [2.75, 3.05) is 18.4 Å². The van der Waals surface area contributed by atoms with Gasteiger partial charge in [-0.3, -0.25) is 9.89 Å². The van der Waals surface area contributed by atoms with Crippen LogP contribution in [0.15, 0.2) is 24.3 Å². The molecule has 1 aromatic heterocycles. The van der Waals surface area contributed by atoms with Gasteiger partial charge in [-0.15, -0.1) is 0 Å². The van der Waals surface area contributed by atoms with Crippen LogP contribution in [0, 0.1) is 6.92 Å². The number of carbonyl (C=O) groups excluding carboxylic acids is 1. The van der Waals surface area contributed by atoms with E-state index in [1.54, 1.807) is 0 Å². The molecule has 1 amide bonds. The predicted molar refractivity (Wildman–Crippen MR) is 106 cm³/mol. The van der Waals surface area contributed by atoms with Crippen LogP contribution in [-0.4, -0.2) is 40.1 Å². The standard InChI is InChI=1S/C21H30N4O/c1-5-19-15(4)20(24-23-19)21(26)25-12-6-7-18(13-25)22-17-10-8-16(9-11-17)14(2)3/h8-11,14,18,22H,5-7,12-13H2,1-4H3,(H,23,24)/t18-/m0/s1. The Hall–Kier alpha value is -2.30. The number of carbonyl (C=O) groups is 1. The molecule has 1 aliphatic rings. The lowest BCUT2D eigenvalue weighted by molar-refractivity contribution is 0.0708. The Bertz CT molecular complexity index is 748. The second-order valence-corrected chi connectivity index (χ2v) is 7.54. The zero-order valence-electron chi connectivity index (χ0n) is 16.3. The van der Waals surface area contributed by atoms with Gasteiger partial charge >= 0.3 is 0 Å². The average molecular weight is 354 g/mol. The lowest BCUT2D eigenvalue weighted by Gasteiger charge is -2.33. The Morgan fingerprint density at radius 3 is 2.69 bits per heavy atom. The number of likely N-dealkylation sites (tertiary alicyclic amines) is 1. The molecule has 0 saturated carbocycles. The van der Waals surface area contributed by atoms with E-state index in [0.29, 0.717) is 11.6 Å². The summed E-state index contributed by atoms with van der Waals surface area (Å²) < 4.78 is 0. The summed E-state index contributed by atoms with van der Waals surface area (Å²) in [6.07, 6.45) is 2.95. The first-order chi connectivity index (χ1) is 12.5. The molecule has 1 aromatic carbocycles. The molecule has 0 bridgehead atoms. The number of nitrogens with one attached hydrogen (secondary N) is 2. The molecule has 1 aliphatic heterocycles. The maximum Gasteiger partial charge on any atom is 0.274 e. The van der Waals surface area contributed by atoms with Gasteiger partial charge in [-0.1, -0.05) is 32.9 Å². The van der Waals surface area contributed by atoms with E-state index in [1.807, 2.05) is 11.8 Å². The predicted octanol–water partition coefficient (Wildman–Crippen LogP) is 4.12. The van der Waals surface area contributed by atoms with E-state index in [1.165, 1.54) is 5.56 Å². The number of aromatic nitrogens is 2. The third-order valence-electron chi connectivity index (χ3n) is 5.32. The van der Waals surface area contributed by atoms with Gasteiger partial charge in [0, 0.05) is 36.1 Å². The molecule has 0 radical (unpaired) electrons. The van der Waals surface area contributed by atoms with E-state index >= 15 is 0 Å². The molecule has 0 unspecified atom stereocenters. The molecule has 2 N–H and O–H groups in total. The molecule has 2 aromatic rings. The molecule has 1 saturated heterocycles. The summed E-state index contributed by atoms with van der Waals surface area (Å²) in [6, 6.07) is 8.92. The van der Waals surface area contributed by atoms with Crippen molar-refractivity contribution in [2.24, 2.45) is 0 Å². The normalized spacial score (nSPS) is 17.6. The zero-order valence-corrected chi connectivity index (χ0v) is 16.3. The topological polar surface area (TPSA) is 61.0 Å². The number of hydrogen-bond acceptors (Lipinski definition) is 3. The number of aromatic amines is 1. The summed E-state index contributed by atoms with van der Waals surface area (Å²) in [4.78, 5) is 14.8. The number of aryl methyl sites for hydroxylation is 1. The molecule has 1 atom stereocenters. The first-order valence-corrected chi connectivity index (χ1v) is 9.69. The van der Waals surface area contributed by atoms with Crippen molar-refractivity contribution in [1.29, 1.82) is 0 Å². The molecule has 2 heterocycles. The van der Waals surface area contributed by atoms with Gasteiger partial charge in [-0.25, -0.2) is 0 Å². The van der Waals surface area contributed by atoms with Crippen LogP contribution in [0.1, 0.15) is 66.8 Å². The smallest absolute Gasteiger partial charge is 0.274 e. The van der Waals surface area contributed by atoms with E-state index in [4.69, 9.17) is 0 Å². The highest BCUT2D eigenvalue weighted by Gasteiger charge is 2.27. The van der Waals surface area contributed by atoms with Crippen molar-refractivity contribution in [1.82, 2.24) is 15.1 Å². The molecular formula is C21H30N4O. The average Bonchev–Trinajstić information content (AvgIpc) is 3.02. The summed E-state index contributed by atoms with van der Waals surface area (Å²) in [5, 5.41) is 10.8. The number of benzene rings is 1. The van der Waals surface area contributed by atoms with Crippen LogP contribution in [0.5, 0.6) is 0 Å². The molecule has 140 valence electrons. The van der Waals surface area contributed by atoms with Crippen molar-refractivity contribution < 1.29 is 4.79 Å². The monoisotopic (exact) mass is 354 g/mol. The van der Waals surface area contributed by atoms with Crippen molar-refractivity contribution >= 4 is 11.6 Å². The first kappa shape index (κ1) is 18.5. The second-order valence-electron chi connectivity index (χ2n) is 7.54. The van der Waals surface area contributed by atoms with Crippen LogP contribution in [0.2, 0.25) is 0 Å². The number of hydrogen-bond donors (Lipinski definition) is 2. The minimum atomic E-state index is 0.0418. The van der Waals surface area contributed by atoms with Gasteiger partial charge in [0.05, 0.1) is 0 Å². The zero-order chi connectivity index (χ0) is 18.7. The fourth-order valence-electron chi connectivity index (χ4n) is 3.62. The lowest BCUT2D eigenvalue weighted by atomic mass is 10.0. The highest BCUT2D eigenvalue weighted by Crippen LogP contribution is 2.21. The Morgan fingerprint density at radius 1 is 1.35 bits per heavy atom. The van der Waals surface area contributed by atoms with E-state index < -0.39 is 0 Å². The van der Waals surface area contributed by atoms with Gasteiger partial charge in [0.1, 0.15) is 0 Å². The number of anilines is 1. The Labute approximate surface area is 156 Å². The van der Waals surface area contributed by atoms with Crippen molar-refractivity contribution in [3.63, 3.8) is 0 Å². The number of piperidine rings is 1. The molecule has 0 spiro atoms. The minimum Gasteiger partial charge on any atom is -0.381 e. The van der Waals surface area contributed by atoms with E-state index in [-0.39, 0.29) is 11.9 Å². The minimum absolute atomic E-state index is 0.0418. The summed E-state index contributed by atoms with van der Waals surface area (Å²) in [6.45, 7) is 9.98. The highest BCUT2D eigenvalue weighted by atomic mass is 16.2. The molecule has 0 aliphatic carbocycles. The number of rotatable bonds is 5. The van der Waals surface area contributed by atoms with Crippen LogP contribution in [0.25, 0.3) is 0 Å². The van der Waals surface area contributed by atoms with Gasteiger partial charge in [0.25, 0.3) is 5.91 Å². The molecule has 1 fully saturated rings.